The number of likely N-dealkylation sites (N-methyl/N-ethyl adjacent to an activating group) is 1. The van der Waals surface area contributed by atoms with Crippen molar-refractivity contribution in [2.45, 2.75) is 19.0 Å². The molecule has 2 rings (SSSR count). The second-order valence-electron chi connectivity index (χ2n) is 5.33. The van der Waals surface area contributed by atoms with Gasteiger partial charge in [-0.2, -0.15) is 0 Å². The Labute approximate surface area is 135 Å². The summed E-state index contributed by atoms with van der Waals surface area (Å²) >= 11 is 1.70. The summed E-state index contributed by atoms with van der Waals surface area (Å²) in [6, 6.07) is 9.67. The molecule has 0 aliphatic rings. The molecule has 5 nitrogen and oxygen atoms in total. The molecule has 0 saturated carbocycles. The first kappa shape index (κ1) is 16.5. The number of hydrogen-bond donors (Lipinski definition) is 2. The van der Waals surface area contributed by atoms with Crippen molar-refractivity contribution < 1.29 is 4.79 Å². The van der Waals surface area contributed by atoms with Crippen molar-refractivity contribution in [3.05, 3.63) is 52.5 Å². The van der Waals surface area contributed by atoms with E-state index in [0.717, 1.165) is 5.69 Å². The van der Waals surface area contributed by atoms with E-state index in [2.05, 4.69) is 32.0 Å². The molecular formula is C16H22N4OS. The van der Waals surface area contributed by atoms with Gasteiger partial charge in [-0.1, -0.05) is 12.1 Å². The first-order valence-electron chi connectivity index (χ1n) is 7.23. The number of amides is 2. The van der Waals surface area contributed by atoms with Crippen molar-refractivity contribution in [1.82, 2.24) is 20.5 Å². The van der Waals surface area contributed by atoms with Gasteiger partial charge in [0.25, 0.3) is 0 Å². The highest BCUT2D eigenvalue weighted by Gasteiger charge is 2.17. The quantitative estimate of drug-likeness (QED) is 0.861. The van der Waals surface area contributed by atoms with E-state index in [1.165, 1.54) is 4.88 Å². The third kappa shape index (κ3) is 4.54. The summed E-state index contributed by atoms with van der Waals surface area (Å²) < 4.78 is 0. The van der Waals surface area contributed by atoms with Crippen LogP contribution in [0.1, 0.15) is 29.6 Å². The Bertz CT molecular complexity index is 571. The number of nitrogens with zero attached hydrogens (tertiary/aromatic N) is 2. The molecule has 2 atom stereocenters. The summed E-state index contributed by atoms with van der Waals surface area (Å²) in [7, 11) is 4.03. The topological polar surface area (TPSA) is 57.3 Å². The summed E-state index contributed by atoms with van der Waals surface area (Å²) in [5.41, 5.74) is 0.847. The van der Waals surface area contributed by atoms with Crippen LogP contribution < -0.4 is 10.6 Å². The molecule has 6 heteroatoms. The molecule has 0 aliphatic heterocycles. The van der Waals surface area contributed by atoms with Crippen LogP contribution in [0.15, 0.2) is 41.9 Å². The molecule has 0 saturated heterocycles. The van der Waals surface area contributed by atoms with Crippen molar-refractivity contribution in [2.24, 2.45) is 0 Å². The summed E-state index contributed by atoms with van der Waals surface area (Å²) in [6.07, 6.45) is 1.73. The number of pyridine rings is 1. The van der Waals surface area contributed by atoms with Crippen LogP contribution in [0, 0.1) is 0 Å². The predicted octanol–water partition coefficient (Wildman–Crippen LogP) is 2.81. The third-order valence-electron chi connectivity index (χ3n) is 3.43. The third-order valence-corrected chi connectivity index (χ3v) is 4.40. The van der Waals surface area contributed by atoms with Crippen molar-refractivity contribution >= 4 is 17.4 Å². The van der Waals surface area contributed by atoms with Crippen LogP contribution >= 0.6 is 11.3 Å². The predicted molar refractivity (Wildman–Crippen MR) is 89.9 cm³/mol. The van der Waals surface area contributed by atoms with Crippen molar-refractivity contribution in [3.63, 3.8) is 0 Å². The van der Waals surface area contributed by atoms with Crippen LogP contribution in [0.3, 0.4) is 0 Å². The average molecular weight is 318 g/mol. The standard InChI is InChI=1S/C16H22N4OS/c1-12(13-7-4-5-9-17-13)19-16(21)18-11-14(20(2)3)15-8-6-10-22-15/h4-10,12,14H,11H2,1-3H3,(H2,18,19,21)/t12-,14-/m0/s1. The molecule has 2 aromatic rings. The van der Waals surface area contributed by atoms with E-state index in [0.29, 0.717) is 6.54 Å². The molecule has 0 aliphatic carbocycles. The van der Waals surface area contributed by atoms with Gasteiger partial charge in [-0.15, -0.1) is 11.3 Å². The number of urea groups is 1. The van der Waals surface area contributed by atoms with E-state index >= 15 is 0 Å². The Kier molecular flexibility index (Phi) is 5.91. The summed E-state index contributed by atoms with van der Waals surface area (Å²) in [6.45, 7) is 2.49. The van der Waals surface area contributed by atoms with Crippen LogP contribution in [0.4, 0.5) is 4.79 Å². The van der Waals surface area contributed by atoms with Crippen molar-refractivity contribution in [2.75, 3.05) is 20.6 Å². The monoisotopic (exact) mass is 318 g/mol. The Balaban J connectivity index is 1.86. The Morgan fingerprint density at radius 1 is 1.32 bits per heavy atom. The number of rotatable bonds is 6. The largest absolute Gasteiger partial charge is 0.336 e. The van der Waals surface area contributed by atoms with Crippen LogP contribution in [0.25, 0.3) is 0 Å². The number of carbonyl (C=O) groups is 1. The lowest BCUT2D eigenvalue weighted by Gasteiger charge is -2.24. The zero-order valence-electron chi connectivity index (χ0n) is 13.1. The molecule has 2 amide bonds. The molecule has 2 aromatic heterocycles. The highest BCUT2D eigenvalue weighted by atomic mass is 32.1. The van der Waals surface area contributed by atoms with E-state index in [1.54, 1.807) is 17.5 Å². The minimum Gasteiger partial charge on any atom is -0.336 e. The summed E-state index contributed by atoms with van der Waals surface area (Å²) in [4.78, 5) is 19.6. The normalized spacial score (nSPS) is 13.6. The molecule has 0 radical (unpaired) electrons. The zero-order valence-corrected chi connectivity index (χ0v) is 13.9. The lowest BCUT2D eigenvalue weighted by atomic mass is 10.2. The average Bonchev–Trinajstić information content (AvgIpc) is 3.02. The maximum atomic E-state index is 12.1. The van der Waals surface area contributed by atoms with E-state index in [9.17, 15) is 4.79 Å². The minimum absolute atomic E-state index is 0.124. The molecular weight excluding hydrogens is 296 g/mol. The van der Waals surface area contributed by atoms with Crippen molar-refractivity contribution in [1.29, 1.82) is 0 Å². The lowest BCUT2D eigenvalue weighted by molar-refractivity contribution is 0.230. The first-order chi connectivity index (χ1) is 10.6. The molecule has 22 heavy (non-hydrogen) atoms. The molecule has 2 N–H and O–H groups in total. The van der Waals surface area contributed by atoms with Gasteiger partial charge in [0.15, 0.2) is 0 Å². The van der Waals surface area contributed by atoms with E-state index < -0.39 is 0 Å². The van der Waals surface area contributed by atoms with Gasteiger partial charge in [-0.25, -0.2) is 4.79 Å². The van der Waals surface area contributed by atoms with E-state index in [-0.39, 0.29) is 18.1 Å². The minimum atomic E-state index is -0.179. The fourth-order valence-corrected chi connectivity index (χ4v) is 3.08. The molecule has 0 fully saturated rings. The van der Waals surface area contributed by atoms with Crippen LogP contribution in [-0.2, 0) is 0 Å². The Morgan fingerprint density at radius 3 is 2.73 bits per heavy atom. The number of thiophene rings is 1. The molecule has 0 aromatic carbocycles. The van der Waals surface area contributed by atoms with E-state index in [1.807, 2.05) is 45.3 Å². The lowest BCUT2D eigenvalue weighted by Crippen LogP contribution is -2.41. The smallest absolute Gasteiger partial charge is 0.315 e. The zero-order chi connectivity index (χ0) is 15.9. The summed E-state index contributed by atoms with van der Waals surface area (Å²) in [5, 5.41) is 7.90. The van der Waals surface area contributed by atoms with Gasteiger partial charge < -0.3 is 15.5 Å². The summed E-state index contributed by atoms with van der Waals surface area (Å²) in [5.74, 6) is 0. The number of nitrogens with one attached hydrogen (secondary N) is 2. The van der Waals surface area contributed by atoms with Gasteiger partial charge in [-0.05, 0) is 44.6 Å². The molecule has 2 heterocycles. The molecule has 0 bridgehead atoms. The molecule has 118 valence electrons. The fourth-order valence-electron chi connectivity index (χ4n) is 2.16. The number of carbonyl (C=O) groups excluding carboxylic acids is 1. The van der Waals surface area contributed by atoms with Crippen LogP contribution in [0.5, 0.6) is 0 Å². The van der Waals surface area contributed by atoms with Crippen LogP contribution in [-0.4, -0.2) is 36.6 Å². The van der Waals surface area contributed by atoms with Gasteiger partial charge in [0, 0.05) is 17.6 Å². The maximum absolute atomic E-state index is 12.1. The van der Waals surface area contributed by atoms with Gasteiger partial charge in [-0.3, -0.25) is 4.98 Å². The maximum Gasteiger partial charge on any atom is 0.315 e. The Hall–Kier alpha value is -1.92. The Morgan fingerprint density at radius 2 is 2.14 bits per heavy atom. The van der Waals surface area contributed by atoms with Gasteiger partial charge >= 0.3 is 6.03 Å². The van der Waals surface area contributed by atoms with Gasteiger partial charge in [0.05, 0.1) is 17.8 Å². The second kappa shape index (κ2) is 7.91. The fraction of sp³-hybridized carbons (Fsp3) is 0.375. The first-order valence-corrected chi connectivity index (χ1v) is 8.11. The molecule has 0 spiro atoms. The highest BCUT2D eigenvalue weighted by Crippen LogP contribution is 2.22. The number of aromatic nitrogens is 1. The number of hydrogen-bond acceptors (Lipinski definition) is 4. The second-order valence-corrected chi connectivity index (χ2v) is 6.30. The van der Waals surface area contributed by atoms with Gasteiger partial charge in [0.2, 0.25) is 0 Å². The highest BCUT2D eigenvalue weighted by molar-refractivity contribution is 7.10. The van der Waals surface area contributed by atoms with Crippen LogP contribution in [0.2, 0.25) is 0 Å². The van der Waals surface area contributed by atoms with Crippen molar-refractivity contribution in [3.8, 4) is 0 Å². The van der Waals surface area contributed by atoms with Gasteiger partial charge in [0.1, 0.15) is 0 Å². The SMILES string of the molecule is C[C@H](NC(=O)NC[C@@H](c1cccs1)N(C)C)c1ccccn1. The molecule has 0 unspecified atom stereocenters. The van der Waals surface area contributed by atoms with E-state index in [4.69, 9.17) is 0 Å².